The van der Waals surface area contributed by atoms with Crippen molar-refractivity contribution in [1.82, 2.24) is 4.98 Å². The van der Waals surface area contributed by atoms with Gasteiger partial charge in [0.15, 0.2) is 0 Å². The van der Waals surface area contributed by atoms with Crippen molar-refractivity contribution in [3.63, 3.8) is 0 Å². The standard InChI is InChI=1S/C15H18N2O3/c1-10(7-14(18)19)9-17-15-13-4-3-12(20-2)8-11(13)5-6-16-15/h3-6,8,10H,7,9H2,1-2H3,(H,16,17)(H,18,19). The third kappa shape index (κ3) is 3.38. The van der Waals surface area contributed by atoms with Crippen molar-refractivity contribution in [3.05, 3.63) is 30.5 Å². The van der Waals surface area contributed by atoms with E-state index in [9.17, 15) is 4.79 Å². The van der Waals surface area contributed by atoms with E-state index in [1.165, 1.54) is 0 Å². The van der Waals surface area contributed by atoms with Crippen LogP contribution in [0.3, 0.4) is 0 Å². The fraction of sp³-hybridized carbons (Fsp3) is 0.333. The van der Waals surface area contributed by atoms with E-state index < -0.39 is 5.97 Å². The number of carboxylic acid groups (broad SMARTS) is 1. The summed E-state index contributed by atoms with van der Waals surface area (Å²) < 4.78 is 5.20. The Hall–Kier alpha value is -2.30. The van der Waals surface area contributed by atoms with Gasteiger partial charge in [-0.25, -0.2) is 4.98 Å². The highest BCUT2D eigenvalue weighted by molar-refractivity contribution is 5.92. The van der Waals surface area contributed by atoms with Crippen LogP contribution >= 0.6 is 0 Å². The van der Waals surface area contributed by atoms with Crippen molar-refractivity contribution in [2.45, 2.75) is 13.3 Å². The molecule has 0 aliphatic heterocycles. The molecule has 0 fully saturated rings. The summed E-state index contributed by atoms with van der Waals surface area (Å²) in [4.78, 5) is 15.0. The normalized spacial score (nSPS) is 12.1. The molecule has 1 aromatic heterocycles. The number of anilines is 1. The summed E-state index contributed by atoms with van der Waals surface area (Å²) >= 11 is 0. The molecule has 2 aromatic rings. The Morgan fingerprint density at radius 1 is 1.45 bits per heavy atom. The predicted octanol–water partition coefficient (Wildman–Crippen LogP) is 2.77. The van der Waals surface area contributed by atoms with Crippen LogP contribution in [0.4, 0.5) is 5.82 Å². The van der Waals surface area contributed by atoms with E-state index in [4.69, 9.17) is 9.84 Å². The second kappa shape index (κ2) is 6.23. The van der Waals surface area contributed by atoms with E-state index in [0.29, 0.717) is 6.54 Å². The van der Waals surface area contributed by atoms with Gasteiger partial charge in [0.05, 0.1) is 7.11 Å². The van der Waals surface area contributed by atoms with Gasteiger partial charge in [0.2, 0.25) is 0 Å². The molecule has 1 aromatic carbocycles. The lowest BCUT2D eigenvalue weighted by Crippen LogP contribution is -2.15. The van der Waals surface area contributed by atoms with E-state index in [2.05, 4.69) is 10.3 Å². The number of nitrogens with one attached hydrogen (secondary N) is 1. The lowest BCUT2D eigenvalue weighted by atomic mass is 10.1. The average Bonchev–Trinajstić information content (AvgIpc) is 2.43. The first-order valence-electron chi connectivity index (χ1n) is 6.48. The molecule has 1 heterocycles. The van der Waals surface area contributed by atoms with E-state index in [-0.39, 0.29) is 12.3 Å². The van der Waals surface area contributed by atoms with Crippen molar-refractivity contribution < 1.29 is 14.6 Å². The van der Waals surface area contributed by atoms with Gasteiger partial charge in [-0.1, -0.05) is 6.92 Å². The van der Waals surface area contributed by atoms with Crippen molar-refractivity contribution in [1.29, 1.82) is 0 Å². The summed E-state index contributed by atoms with van der Waals surface area (Å²) in [5.41, 5.74) is 0. The Labute approximate surface area is 117 Å². The molecule has 1 atom stereocenters. The molecule has 0 aliphatic carbocycles. The lowest BCUT2D eigenvalue weighted by molar-refractivity contribution is -0.137. The lowest BCUT2D eigenvalue weighted by Gasteiger charge is -2.13. The Kier molecular flexibility index (Phi) is 4.40. The van der Waals surface area contributed by atoms with Gasteiger partial charge in [0.25, 0.3) is 0 Å². The second-order valence-electron chi connectivity index (χ2n) is 4.83. The number of carbonyl (C=O) groups is 1. The van der Waals surface area contributed by atoms with Crippen LogP contribution in [0.25, 0.3) is 10.8 Å². The molecule has 0 bridgehead atoms. The summed E-state index contributed by atoms with van der Waals surface area (Å²) in [6.45, 7) is 2.47. The van der Waals surface area contributed by atoms with Gasteiger partial charge in [-0.2, -0.15) is 0 Å². The van der Waals surface area contributed by atoms with Crippen molar-refractivity contribution in [3.8, 4) is 5.75 Å². The van der Waals surface area contributed by atoms with Crippen LogP contribution in [-0.4, -0.2) is 29.7 Å². The Bertz CT molecular complexity index is 613. The fourth-order valence-electron chi connectivity index (χ4n) is 2.07. The summed E-state index contributed by atoms with van der Waals surface area (Å²) in [7, 11) is 1.63. The third-order valence-electron chi connectivity index (χ3n) is 3.11. The molecular formula is C15H18N2O3. The van der Waals surface area contributed by atoms with E-state index in [1.54, 1.807) is 13.3 Å². The minimum Gasteiger partial charge on any atom is -0.497 e. The van der Waals surface area contributed by atoms with Gasteiger partial charge in [-0.05, 0) is 35.6 Å². The molecule has 0 saturated heterocycles. The zero-order valence-corrected chi connectivity index (χ0v) is 11.6. The SMILES string of the molecule is COc1ccc2c(NCC(C)CC(=O)O)nccc2c1. The maximum Gasteiger partial charge on any atom is 0.303 e. The summed E-state index contributed by atoms with van der Waals surface area (Å²) in [6.07, 6.45) is 1.87. The molecule has 0 spiro atoms. The largest absolute Gasteiger partial charge is 0.497 e. The molecule has 5 heteroatoms. The Morgan fingerprint density at radius 2 is 2.25 bits per heavy atom. The maximum atomic E-state index is 10.6. The van der Waals surface area contributed by atoms with Crippen LogP contribution in [0.15, 0.2) is 30.5 Å². The van der Waals surface area contributed by atoms with Gasteiger partial charge < -0.3 is 15.2 Å². The number of aromatic nitrogens is 1. The van der Waals surface area contributed by atoms with Crippen molar-refractivity contribution >= 4 is 22.6 Å². The number of carboxylic acids is 1. The summed E-state index contributed by atoms with van der Waals surface area (Å²) in [5.74, 6) is 0.828. The molecule has 0 saturated carbocycles. The predicted molar refractivity (Wildman–Crippen MR) is 78.2 cm³/mol. The Morgan fingerprint density at radius 3 is 2.95 bits per heavy atom. The molecule has 106 valence electrons. The number of hydrogen-bond donors (Lipinski definition) is 2. The highest BCUT2D eigenvalue weighted by atomic mass is 16.5. The Balaban J connectivity index is 2.16. The van der Waals surface area contributed by atoms with E-state index in [0.717, 1.165) is 22.3 Å². The number of fused-ring (bicyclic) bond motifs is 1. The average molecular weight is 274 g/mol. The summed E-state index contributed by atoms with van der Waals surface area (Å²) in [5, 5.41) is 14.0. The molecule has 0 radical (unpaired) electrons. The molecule has 1 unspecified atom stereocenters. The minimum absolute atomic E-state index is 0.0443. The van der Waals surface area contributed by atoms with Crippen molar-refractivity contribution in [2.75, 3.05) is 19.0 Å². The number of benzene rings is 1. The third-order valence-corrected chi connectivity index (χ3v) is 3.11. The highest BCUT2D eigenvalue weighted by Crippen LogP contribution is 2.25. The number of methoxy groups -OCH3 is 1. The molecule has 20 heavy (non-hydrogen) atoms. The topological polar surface area (TPSA) is 71.5 Å². The second-order valence-corrected chi connectivity index (χ2v) is 4.83. The fourth-order valence-corrected chi connectivity index (χ4v) is 2.07. The first-order valence-corrected chi connectivity index (χ1v) is 6.48. The molecule has 2 rings (SSSR count). The number of pyridine rings is 1. The quantitative estimate of drug-likeness (QED) is 0.847. The first kappa shape index (κ1) is 14.1. The van der Waals surface area contributed by atoms with Crippen molar-refractivity contribution in [2.24, 2.45) is 5.92 Å². The minimum atomic E-state index is -0.782. The van der Waals surface area contributed by atoms with Crippen LogP contribution in [-0.2, 0) is 4.79 Å². The van der Waals surface area contributed by atoms with Crippen LogP contribution in [0.1, 0.15) is 13.3 Å². The van der Waals surface area contributed by atoms with Crippen LogP contribution in [0, 0.1) is 5.92 Å². The van der Waals surface area contributed by atoms with Gasteiger partial charge in [-0.15, -0.1) is 0 Å². The molecule has 2 N–H and O–H groups in total. The molecular weight excluding hydrogens is 256 g/mol. The molecule has 0 amide bonds. The molecule has 5 nitrogen and oxygen atoms in total. The van der Waals surface area contributed by atoms with Crippen LogP contribution < -0.4 is 10.1 Å². The first-order chi connectivity index (χ1) is 9.60. The van der Waals surface area contributed by atoms with Gasteiger partial charge >= 0.3 is 5.97 Å². The van der Waals surface area contributed by atoms with Gasteiger partial charge in [0.1, 0.15) is 11.6 Å². The number of nitrogens with zero attached hydrogens (tertiary/aromatic N) is 1. The smallest absolute Gasteiger partial charge is 0.303 e. The van der Waals surface area contributed by atoms with Crippen LogP contribution in [0.5, 0.6) is 5.75 Å². The maximum absolute atomic E-state index is 10.6. The number of rotatable bonds is 6. The zero-order chi connectivity index (χ0) is 14.5. The monoisotopic (exact) mass is 274 g/mol. The van der Waals surface area contributed by atoms with Gasteiger partial charge in [0, 0.05) is 24.5 Å². The summed E-state index contributed by atoms with van der Waals surface area (Å²) in [6, 6.07) is 7.70. The number of aliphatic carboxylic acids is 1. The van der Waals surface area contributed by atoms with E-state index >= 15 is 0 Å². The number of ether oxygens (including phenoxy) is 1. The van der Waals surface area contributed by atoms with Crippen LogP contribution in [0.2, 0.25) is 0 Å². The highest BCUT2D eigenvalue weighted by Gasteiger charge is 2.09. The zero-order valence-electron chi connectivity index (χ0n) is 11.6. The molecule has 0 aliphatic rings. The van der Waals surface area contributed by atoms with Gasteiger partial charge in [-0.3, -0.25) is 4.79 Å². The van der Waals surface area contributed by atoms with E-state index in [1.807, 2.05) is 31.2 Å². The number of hydrogen-bond acceptors (Lipinski definition) is 4.